The van der Waals surface area contributed by atoms with Gasteiger partial charge in [0.1, 0.15) is 6.04 Å². The fourth-order valence-corrected chi connectivity index (χ4v) is 4.20. The Balaban J connectivity index is 2.43. The number of anilines is 2. The third-order valence-electron chi connectivity index (χ3n) is 4.35. The molecule has 1 N–H and O–H groups in total. The molecule has 2 rings (SSSR count). The lowest BCUT2D eigenvalue weighted by Crippen LogP contribution is -2.47. The van der Waals surface area contributed by atoms with Gasteiger partial charge in [0.15, 0.2) is 0 Å². The predicted molar refractivity (Wildman–Crippen MR) is 109 cm³/mol. The van der Waals surface area contributed by atoms with Crippen molar-refractivity contribution < 1.29 is 18.1 Å². The van der Waals surface area contributed by atoms with Crippen molar-refractivity contribution in [2.75, 3.05) is 15.9 Å². The molecule has 0 aliphatic carbocycles. The van der Waals surface area contributed by atoms with E-state index >= 15 is 0 Å². The molecular weight excluding hydrogens is 382 g/mol. The first kappa shape index (κ1) is 21.4. The normalized spacial score (nSPS) is 12.3. The van der Waals surface area contributed by atoms with E-state index in [4.69, 9.17) is 0 Å². The van der Waals surface area contributed by atoms with Crippen LogP contribution in [0.25, 0.3) is 0 Å². The second-order valence-corrected chi connectivity index (χ2v) is 8.38. The van der Waals surface area contributed by atoms with Crippen molar-refractivity contribution in [3.8, 4) is 0 Å². The third kappa shape index (κ3) is 4.66. The number of nitro groups is 1. The van der Waals surface area contributed by atoms with E-state index < -0.39 is 26.9 Å². The van der Waals surface area contributed by atoms with Crippen LogP contribution in [0.1, 0.15) is 24.5 Å². The number of hydrogen-bond donors (Lipinski definition) is 1. The van der Waals surface area contributed by atoms with Gasteiger partial charge in [-0.05, 0) is 44.0 Å². The number of benzene rings is 2. The molecule has 1 amide bonds. The number of carbonyl (C=O) groups is 1. The van der Waals surface area contributed by atoms with E-state index in [-0.39, 0.29) is 17.8 Å². The maximum absolute atomic E-state index is 12.9. The Morgan fingerprint density at radius 2 is 1.86 bits per heavy atom. The fourth-order valence-electron chi connectivity index (χ4n) is 3.00. The number of nitrogens with one attached hydrogen (secondary N) is 1. The van der Waals surface area contributed by atoms with Crippen LogP contribution in [-0.4, -0.2) is 31.5 Å². The van der Waals surface area contributed by atoms with Gasteiger partial charge in [-0.25, -0.2) is 8.42 Å². The van der Waals surface area contributed by atoms with Crippen molar-refractivity contribution in [1.29, 1.82) is 0 Å². The standard InChI is InChI=1S/C19H23N3O5S/c1-5-17(21(28(4,26)27)15-9-6-8-13(2)12-15)19(23)20-16-10-7-11-18(14(16)3)22(24)25/h6-12,17H,5H2,1-4H3,(H,20,23). The van der Waals surface area contributed by atoms with Crippen LogP contribution >= 0.6 is 0 Å². The van der Waals surface area contributed by atoms with Gasteiger partial charge in [0.25, 0.3) is 5.69 Å². The van der Waals surface area contributed by atoms with E-state index in [1.807, 2.05) is 13.0 Å². The third-order valence-corrected chi connectivity index (χ3v) is 5.53. The Morgan fingerprint density at radius 3 is 2.39 bits per heavy atom. The minimum Gasteiger partial charge on any atom is -0.324 e. The summed E-state index contributed by atoms with van der Waals surface area (Å²) in [5, 5.41) is 13.8. The minimum absolute atomic E-state index is 0.121. The molecule has 28 heavy (non-hydrogen) atoms. The van der Waals surface area contributed by atoms with Gasteiger partial charge in [0.2, 0.25) is 15.9 Å². The van der Waals surface area contributed by atoms with Crippen molar-refractivity contribution in [3.63, 3.8) is 0 Å². The first-order valence-electron chi connectivity index (χ1n) is 8.67. The highest BCUT2D eigenvalue weighted by atomic mass is 32.2. The van der Waals surface area contributed by atoms with E-state index in [1.165, 1.54) is 19.1 Å². The minimum atomic E-state index is -3.75. The van der Waals surface area contributed by atoms with Gasteiger partial charge in [0.05, 0.1) is 28.1 Å². The maximum Gasteiger partial charge on any atom is 0.274 e. The first-order valence-corrected chi connectivity index (χ1v) is 10.5. The number of sulfonamides is 1. The van der Waals surface area contributed by atoms with Crippen LogP contribution in [0.5, 0.6) is 0 Å². The van der Waals surface area contributed by atoms with Crippen molar-refractivity contribution in [3.05, 3.63) is 63.7 Å². The molecule has 8 nitrogen and oxygen atoms in total. The molecule has 2 aromatic carbocycles. The molecular formula is C19H23N3O5S. The first-order chi connectivity index (χ1) is 13.1. The Morgan fingerprint density at radius 1 is 1.21 bits per heavy atom. The van der Waals surface area contributed by atoms with Crippen molar-refractivity contribution in [1.82, 2.24) is 0 Å². The van der Waals surface area contributed by atoms with E-state index in [2.05, 4.69) is 5.32 Å². The fraction of sp³-hybridized carbons (Fsp3) is 0.316. The summed E-state index contributed by atoms with van der Waals surface area (Å²) in [5.41, 5.74) is 1.70. The van der Waals surface area contributed by atoms with Crippen LogP contribution in [-0.2, 0) is 14.8 Å². The topological polar surface area (TPSA) is 110 Å². The summed E-state index contributed by atoms with van der Waals surface area (Å²) in [6.07, 6.45) is 1.27. The Hall–Kier alpha value is -2.94. The molecule has 0 aliphatic rings. The predicted octanol–water partition coefficient (Wildman–Crippen LogP) is 3.39. The molecule has 9 heteroatoms. The lowest BCUT2D eigenvalue weighted by molar-refractivity contribution is -0.385. The smallest absolute Gasteiger partial charge is 0.274 e. The number of hydrogen-bond acceptors (Lipinski definition) is 5. The van der Waals surface area contributed by atoms with Gasteiger partial charge < -0.3 is 5.32 Å². The number of aryl methyl sites for hydroxylation is 1. The van der Waals surface area contributed by atoms with Crippen LogP contribution in [0.3, 0.4) is 0 Å². The zero-order chi connectivity index (χ0) is 21.1. The number of carbonyl (C=O) groups excluding carboxylic acids is 1. The van der Waals surface area contributed by atoms with Crippen LogP contribution in [0.15, 0.2) is 42.5 Å². The molecule has 150 valence electrons. The van der Waals surface area contributed by atoms with Crippen LogP contribution in [0.4, 0.5) is 17.1 Å². The maximum atomic E-state index is 12.9. The van der Waals surface area contributed by atoms with Gasteiger partial charge in [-0.3, -0.25) is 19.2 Å². The van der Waals surface area contributed by atoms with E-state index in [9.17, 15) is 23.3 Å². The molecule has 2 aromatic rings. The Kier molecular flexibility index (Phi) is 6.40. The lowest BCUT2D eigenvalue weighted by Gasteiger charge is -2.30. The van der Waals surface area contributed by atoms with E-state index in [0.717, 1.165) is 16.1 Å². The monoisotopic (exact) mass is 405 g/mol. The molecule has 0 spiro atoms. The average molecular weight is 405 g/mol. The molecule has 0 aliphatic heterocycles. The lowest BCUT2D eigenvalue weighted by atomic mass is 10.1. The summed E-state index contributed by atoms with van der Waals surface area (Å²) in [6.45, 7) is 5.07. The molecule has 0 aromatic heterocycles. The number of amides is 1. The van der Waals surface area contributed by atoms with Crippen molar-refractivity contribution in [2.45, 2.75) is 33.2 Å². The molecule has 0 saturated carbocycles. The quantitative estimate of drug-likeness (QED) is 0.561. The zero-order valence-electron chi connectivity index (χ0n) is 16.2. The molecule has 0 saturated heterocycles. The van der Waals surface area contributed by atoms with Gasteiger partial charge in [0, 0.05) is 6.07 Å². The summed E-state index contributed by atoms with van der Waals surface area (Å²) >= 11 is 0. The van der Waals surface area contributed by atoms with Gasteiger partial charge in [-0.2, -0.15) is 0 Å². The second-order valence-electron chi connectivity index (χ2n) is 6.52. The Bertz CT molecular complexity index is 1000. The van der Waals surface area contributed by atoms with Crippen LogP contribution in [0, 0.1) is 24.0 Å². The summed E-state index contributed by atoms with van der Waals surface area (Å²) in [7, 11) is -3.75. The van der Waals surface area contributed by atoms with Crippen LogP contribution in [0.2, 0.25) is 0 Å². The molecule has 0 bridgehead atoms. The number of nitro benzene ring substituents is 1. The second kappa shape index (κ2) is 8.39. The molecule has 0 heterocycles. The van der Waals surface area contributed by atoms with E-state index in [0.29, 0.717) is 11.3 Å². The molecule has 0 radical (unpaired) electrons. The van der Waals surface area contributed by atoms with Crippen molar-refractivity contribution >= 4 is 33.0 Å². The summed E-state index contributed by atoms with van der Waals surface area (Å²) in [5.74, 6) is -0.557. The zero-order valence-corrected chi connectivity index (χ0v) is 17.0. The van der Waals surface area contributed by atoms with Crippen molar-refractivity contribution in [2.24, 2.45) is 0 Å². The average Bonchev–Trinajstić information content (AvgIpc) is 2.59. The summed E-state index contributed by atoms with van der Waals surface area (Å²) in [4.78, 5) is 23.5. The number of rotatable bonds is 7. The molecule has 1 atom stereocenters. The highest BCUT2D eigenvalue weighted by Gasteiger charge is 2.32. The Labute approximate surface area is 164 Å². The molecule has 1 unspecified atom stereocenters. The largest absolute Gasteiger partial charge is 0.324 e. The van der Waals surface area contributed by atoms with Gasteiger partial charge >= 0.3 is 0 Å². The van der Waals surface area contributed by atoms with Gasteiger partial charge in [-0.15, -0.1) is 0 Å². The van der Waals surface area contributed by atoms with Gasteiger partial charge in [-0.1, -0.05) is 25.1 Å². The summed E-state index contributed by atoms with van der Waals surface area (Å²) in [6, 6.07) is 10.2. The summed E-state index contributed by atoms with van der Waals surface area (Å²) < 4.78 is 26.0. The van der Waals surface area contributed by atoms with E-state index in [1.54, 1.807) is 31.2 Å². The SMILES string of the molecule is CCC(C(=O)Nc1cccc([N+](=O)[O-])c1C)N(c1cccc(C)c1)S(C)(=O)=O. The highest BCUT2D eigenvalue weighted by Crippen LogP contribution is 2.27. The number of nitrogens with zero attached hydrogens (tertiary/aromatic N) is 2. The van der Waals surface area contributed by atoms with Crippen LogP contribution < -0.4 is 9.62 Å². The highest BCUT2D eigenvalue weighted by molar-refractivity contribution is 7.92. The molecule has 0 fully saturated rings.